The Morgan fingerprint density at radius 1 is 1.35 bits per heavy atom. The van der Waals surface area contributed by atoms with Gasteiger partial charge in [-0.05, 0) is 32.4 Å². The second-order valence-corrected chi connectivity index (χ2v) is 5.46. The lowest BCUT2D eigenvalue weighted by Crippen LogP contribution is -2.41. The van der Waals surface area contributed by atoms with Crippen molar-refractivity contribution < 1.29 is 0 Å². The molecule has 0 radical (unpaired) electrons. The molecule has 0 spiro atoms. The van der Waals surface area contributed by atoms with Crippen LogP contribution < -0.4 is 5.32 Å². The SMILES string of the molecule is CCC1(c2nc(C(C)C)nn2C)CCNCC1. The van der Waals surface area contributed by atoms with Crippen LogP contribution in [0.25, 0.3) is 0 Å². The van der Waals surface area contributed by atoms with Gasteiger partial charge in [-0.3, -0.25) is 4.68 Å². The van der Waals surface area contributed by atoms with E-state index in [-0.39, 0.29) is 5.41 Å². The molecule has 2 rings (SSSR count). The molecule has 17 heavy (non-hydrogen) atoms. The minimum absolute atomic E-state index is 0.236. The summed E-state index contributed by atoms with van der Waals surface area (Å²) in [5, 5.41) is 8.00. The Morgan fingerprint density at radius 2 is 2.00 bits per heavy atom. The van der Waals surface area contributed by atoms with Crippen molar-refractivity contribution in [1.29, 1.82) is 0 Å². The van der Waals surface area contributed by atoms with Gasteiger partial charge in [-0.25, -0.2) is 4.98 Å². The van der Waals surface area contributed by atoms with Crippen LogP contribution >= 0.6 is 0 Å². The van der Waals surface area contributed by atoms with Gasteiger partial charge in [-0.1, -0.05) is 20.8 Å². The van der Waals surface area contributed by atoms with E-state index < -0.39 is 0 Å². The fraction of sp³-hybridized carbons (Fsp3) is 0.846. The monoisotopic (exact) mass is 236 g/mol. The molecule has 1 aromatic heterocycles. The lowest BCUT2D eigenvalue weighted by atomic mass is 9.76. The number of hydrogen-bond donors (Lipinski definition) is 1. The summed E-state index contributed by atoms with van der Waals surface area (Å²) in [7, 11) is 2.04. The van der Waals surface area contributed by atoms with Gasteiger partial charge in [0, 0.05) is 18.4 Å². The normalized spacial score (nSPS) is 19.8. The fourth-order valence-electron chi connectivity index (χ4n) is 2.75. The summed E-state index contributed by atoms with van der Waals surface area (Å²) < 4.78 is 2.00. The lowest BCUT2D eigenvalue weighted by Gasteiger charge is -2.35. The average molecular weight is 236 g/mol. The van der Waals surface area contributed by atoms with Crippen molar-refractivity contribution >= 4 is 0 Å². The third-order valence-electron chi connectivity index (χ3n) is 4.01. The summed E-state index contributed by atoms with van der Waals surface area (Å²) in [5.41, 5.74) is 0.236. The maximum atomic E-state index is 4.80. The Labute approximate surface area is 104 Å². The smallest absolute Gasteiger partial charge is 0.153 e. The van der Waals surface area contributed by atoms with Crippen LogP contribution in [-0.2, 0) is 12.5 Å². The van der Waals surface area contributed by atoms with E-state index in [1.54, 1.807) is 0 Å². The Morgan fingerprint density at radius 3 is 2.47 bits per heavy atom. The van der Waals surface area contributed by atoms with Gasteiger partial charge in [0.25, 0.3) is 0 Å². The Bertz CT molecular complexity index is 375. The number of nitrogens with one attached hydrogen (secondary N) is 1. The second kappa shape index (κ2) is 4.77. The first-order valence-corrected chi connectivity index (χ1v) is 6.71. The molecule has 4 nitrogen and oxygen atoms in total. The molecule has 0 unspecified atom stereocenters. The molecule has 1 aliphatic heterocycles. The van der Waals surface area contributed by atoms with Crippen LogP contribution in [0.15, 0.2) is 0 Å². The van der Waals surface area contributed by atoms with Gasteiger partial charge in [0.05, 0.1) is 0 Å². The summed E-state index contributed by atoms with van der Waals surface area (Å²) in [6.07, 6.45) is 3.50. The van der Waals surface area contributed by atoms with Crippen molar-refractivity contribution in [2.75, 3.05) is 13.1 Å². The molecule has 0 atom stereocenters. The summed E-state index contributed by atoms with van der Waals surface area (Å²) in [6, 6.07) is 0. The lowest BCUT2D eigenvalue weighted by molar-refractivity contribution is 0.273. The standard InChI is InChI=1S/C13H24N4/c1-5-13(6-8-14-9-7-13)12-15-11(10(2)3)16-17(12)4/h10,14H,5-9H2,1-4H3. The van der Waals surface area contributed by atoms with Crippen molar-refractivity contribution in [3.63, 3.8) is 0 Å². The van der Waals surface area contributed by atoms with E-state index in [0.717, 1.165) is 25.3 Å². The van der Waals surface area contributed by atoms with Gasteiger partial charge in [0.1, 0.15) is 5.82 Å². The number of piperidine rings is 1. The van der Waals surface area contributed by atoms with Crippen molar-refractivity contribution in [3.05, 3.63) is 11.6 Å². The summed E-state index contributed by atoms with van der Waals surface area (Å²) in [5.74, 6) is 2.57. The van der Waals surface area contributed by atoms with E-state index >= 15 is 0 Å². The Kier molecular flexibility index (Phi) is 3.52. The first-order chi connectivity index (χ1) is 8.09. The molecule has 1 N–H and O–H groups in total. The van der Waals surface area contributed by atoms with Gasteiger partial charge >= 0.3 is 0 Å². The zero-order valence-corrected chi connectivity index (χ0v) is 11.5. The van der Waals surface area contributed by atoms with Crippen LogP contribution in [0.2, 0.25) is 0 Å². The molecule has 0 aliphatic carbocycles. The number of aryl methyl sites for hydroxylation is 1. The van der Waals surface area contributed by atoms with Crippen molar-refractivity contribution in [2.24, 2.45) is 7.05 Å². The predicted molar refractivity (Wildman–Crippen MR) is 69.2 cm³/mol. The molecule has 0 amide bonds. The van der Waals surface area contributed by atoms with Crippen molar-refractivity contribution in [2.45, 2.75) is 51.4 Å². The van der Waals surface area contributed by atoms with Crippen molar-refractivity contribution in [3.8, 4) is 0 Å². The molecule has 4 heteroatoms. The van der Waals surface area contributed by atoms with Gasteiger partial charge in [-0.2, -0.15) is 5.10 Å². The van der Waals surface area contributed by atoms with Gasteiger partial charge in [0.15, 0.2) is 5.82 Å². The van der Waals surface area contributed by atoms with Crippen LogP contribution in [0.5, 0.6) is 0 Å². The highest BCUT2D eigenvalue weighted by atomic mass is 15.3. The summed E-state index contributed by atoms with van der Waals surface area (Å²) in [6.45, 7) is 8.77. The molecule has 0 bridgehead atoms. The van der Waals surface area contributed by atoms with Gasteiger partial charge in [-0.15, -0.1) is 0 Å². The minimum atomic E-state index is 0.236. The number of hydrogen-bond acceptors (Lipinski definition) is 3. The topological polar surface area (TPSA) is 42.7 Å². The van der Waals surface area contributed by atoms with Crippen LogP contribution in [0, 0.1) is 0 Å². The number of aromatic nitrogens is 3. The minimum Gasteiger partial charge on any atom is -0.317 e. The Balaban J connectivity index is 2.36. The van der Waals surface area contributed by atoms with E-state index in [9.17, 15) is 0 Å². The average Bonchev–Trinajstić information content (AvgIpc) is 2.73. The van der Waals surface area contributed by atoms with E-state index in [4.69, 9.17) is 4.98 Å². The quantitative estimate of drug-likeness (QED) is 0.872. The Hall–Kier alpha value is -0.900. The molecule has 96 valence electrons. The fourth-order valence-corrected chi connectivity index (χ4v) is 2.75. The third kappa shape index (κ3) is 2.23. The van der Waals surface area contributed by atoms with E-state index in [0.29, 0.717) is 5.92 Å². The van der Waals surface area contributed by atoms with Crippen LogP contribution in [-0.4, -0.2) is 27.9 Å². The van der Waals surface area contributed by atoms with Crippen LogP contribution in [0.1, 0.15) is 57.6 Å². The molecule has 1 aliphatic rings. The zero-order valence-electron chi connectivity index (χ0n) is 11.5. The third-order valence-corrected chi connectivity index (χ3v) is 4.01. The highest BCUT2D eigenvalue weighted by Crippen LogP contribution is 2.35. The largest absolute Gasteiger partial charge is 0.317 e. The predicted octanol–water partition coefficient (Wildman–Crippen LogP) is 1.97. The molecule has 1 fully saturated rings. The molecule has 2 heterocycles. The van der Waals surface area contributed by atoms with E-state index in [1.807, 2.05) is 11.7 Å². The first-order valence-electron chi connectivity index (χ1n) is 6.71. The summed E-state index contributed by atoms with van der Waals surface area (Å²) in [4.78, 5) is 4.80. The van der Waals surface area contributed by atoms with Crippen LogP contribution in [0.3, 0.4) is 0 Å². The van der Waals surface area contributed by atoms with Gasteiger partial charge < -0.3 is 5.32 Å². The maximum Gasteiger partial charge on any atom is 0.153 e. The number of nitrogens with zero attached hydrogens (tertiary/aromatic N) is 3. The molecule has 0 aromatic carbocycles. The highest BCUT2D eigenvalue weighted by molar-refractivity contribution is 5.12. The molecular formula is C13H24N4. The highest BCUT2D eigenvalue weighted by Gasteiger charge is 2.36. The second-order valence-electron chi connectivity index (χ2n) is 5.46. The van der Waals surface area contributed by atoms with Gasteiger partial charge in [0.2, 0.25) is 0 Å². The van der Waals surface area contributed by atoms with Crippen molar-refractivity contribution in [1.82, 2.24) is 20.1 Å². The van der Waals surface area contributed by atoms with Crippen LogP contribution in [0.4, 0.5) is 0 Å². The molecular weight excluding hydrogens is 212 g/mol. The summed E-state index contributed by atoms with van der Waals surface area (Å²) >= 11 is 0. The van der Waals surface area contributed by atoms with E-state index in [1.165, 1.54) is 18.7 Å². The number of rotatable bonds is 3. The first kappa shape index (κ1) is 12.6. The zero-order chi connectivity index (χ0) is 12.5. The molecule has 0 saturated carbocycles. The maximum absolute atomic E-state index is 4.80. The van der Waals surface area contributed by atoms with E-state index in [2.05, 4.69) is 31.2 Å². The molecule has 1 saturated heterocycles. The molecule has 1 aromatic rings.